The maximum absolute atomic E-state index is 12.3. The van der Waals surface area contributed by atoms with Crippen molar-refractivity contribution < 1.29 is 9.59 Å². The van der Waals surface area contributed by atoms with Crippen LogP contribution in [0, 0.1) is 0 Å². The fraction of sp³-hybridized carbons (Fsp3) is 0.583. The minimum absolute atomic E-state index is 0.00214. The minimum Gasteiger partial charge on any atom is -0.346 e. The monoisotopic (exact) mass is 328 g/mol. The van der Waals surface area contributed by atoms with Crippen molar-refractivity contribution in [2.24, 2.45) is 0 Å². The topological polar surface area (TPSA) is 67.2 Å². The molecule has 0 spiro atoms. The molecule has 1 fully saturated rings. The molecule has 0 bridgehead atoms. The normalized spacial score (nSPS) is 19.6. The molecule has 0 radical (unpaired) electrons. The molecule has 7 heteroatoms. The Morgan fingerprint density at radius 1 is 1.63 bits per heavy atom. The molecule has 1 aliphatic heterocycles. The summed E-state index contributed by atoms with van der Waals surface area (Å²) in [6.07, 6.45) is 2.79. The Morgan fingerprint density at radius 2 is 2.37 bits per heavy atom. The molecule has 0 aromatic carbocycles. The third-order valence-electron chi connectivity index (χ3n) is 3.27. The highest BCUT2D eigenvalue weighted by Gasteiger charge is 2.26. The molecule has 1 saturated heterocycles. The highest BCUT2D eigenvalue weighted by atomic mass is 79.9. The van der Waals surface area contributed by atoms with Crippen LogP contribution in [-0.4, -0.2) is 46.1 Å². The number of likely N-dealkylation sites (tertiary alicyclic amines) is 1. The Labute approximate surface area is 120 Å². The summed E-state index contributed by atoms with van der Waals surface area (Å²) in [6, 6.07) is 0.00214. The second-order valence-corrected chi connectivity index (χ2v) is 5.49. The summed E-state index contributed by atoms with van der Waals surface area (Å²) in [5.41, 5.74) is 0.530. The average molecular weight is 329 g/mol. The third kappa shape index (κ3) is 2.97. The van der Waals surface area contributed by atoms with Crippen LogP contribution in [0.3, 0.4) is 0 Å². The Hall–Kier alpha value is -1.37. The second-order valence-electron chi connectivity index (χ2n) is 4.64. The van der Waals surface area contributed by atoms with Crippen LogP contribution in [-0.2, 0) is 11.3 Å². The zero-order valence-electron chi connectivity index (χ0n) is 11.0. The summed E-state index contributed by atoms with van der Waals surface area (Å²) in [7, 11) is 1.76. The summed E-state index contributed by atoms with van der Waals surface area (Å²) in [5.74, 6) is -0.0238. The molecule has 2 heterocycles. The number of carbonyl (C=O) groups is 2. The van der Waals surface area contributed by atoms with Gasteiger partial charge in [-0.05, 0) is 29.3 Å². The molecule has 2 amide bonds. The number of hydrogen-bond donors (Lipinski definition) is 1. The van der Waals surface area contributed by atoms with E-state index in [1.165, 1.54) is 0 Å². The van der Waals surface area contributed by atoms with Crippen molar-refractivity contribution in [3.8, 4) is 0 Å². The molecule has 1 aromatic rings. The van der Waals surface area contributed by atoms with Gasteiger partial charge in [0.05, 0.1) is 10.7 Å². The number of rotatable bonds is 3. The molecule has 6 nitrogen and oxygen atoms in total. The number of likely N-dealkylation sites (N-methyl/N-ethyl adjacent to an activating group) is 1. The van der Waals surface area contributed by atoms with E-state index < -0.39 is 0 Å². The maximum atomic E-state index is 12.3. The van der Waals surface area contributed by atoms with Gasteiger partial charge in [-0.3, -0.25) is 14.3 Å². The lowest BCUT2D eigenvalue weighted by Crippen LogP contribution is -2.48. The molecule has 1 unspecified atom stereocenters. The molecule has 1 aromatic heterocycles. The number of nitrogens with one attached hydrogen (secondary N) is 1. The van der Waals surface area contributed by atoms with Crippen LogP contribution >= 0.6 is 15.9 Å². The predicted octanol–water partition coefficient (Wildman–Crippen LogP) is 1.02. The first kappa shape index (κ1) is 14.0. The van der Waals surface area contributed by atoms with E-state index in [0.29, 0.717) is 36.1 Å². The lowest BCUT2D eigenvalue weighted by atomic mass is 10.1. The van der Waals surface area contributed by atoms with Crippen molar-refractivity contribution in [1.82, 2.24) is 20.0 Å². The molecule has 0 aliphatic carbocycles. The van der Waals surface area contributed by atoms with Gasteiger partial charge in [0.1, 0.15) is 5.69 Å². The number of aryl methyl sites for hydroxylation is 1. The van der Waals surface area contributed by atoms with Crippen LogP contribution in [0.15, 0.2) is 10.7 Å². The minimum atomic E-state index is -0.154. The number of nitrogens with zero attached hydrogens (tertiary/aromatic N) is 3. The lowest BCUT2D eigenvalue weighted by molar-refractivity contribution is -0.132. The Morgan fingerprint density at radius 3 is 3.00 bits per heavy atom. The quantitative estimate of drug-likeness (QED) is 0.900. The SMILES string of the molecule is CCn1ncc(Br)c1C(=O)NC1CCC(=O)N(C)C1. The molecular weight excluding hydrogens is 312 g/mol. The largest absolute Gasteiger partial charge is 0.346 e. The van der Waals surface area contributed by atoms with E-state index in [9.17, 15) is 9.59 Å². The zero-order valence-corrected chi connectivity index (χ0v) is 12.6. The number of piperidine rings is 1. The number of halogens is 1. The summed E-state index contributed by atoms with van der Waals surface area (Å²) < 4.78 is 2.34. The van der Waals surface area contributed by atoms with Crippen LogP contribution < -0.4 is 5.32 Å². The standard InChI is InChI=1S/C12H17BrN4O2/c1-3-17-11(9(13)6-14-17)12(19)15-8-4-5-10(18)16(2)7-8/h6,8H,3-5,7H2,1-2H3,(H,15,19). The van der Waals surface area contributed by atoms with E-state index in [1.807, 2.05) is 6.92 Å². The van der Waals surface area contributed by atoms with Crippen molar-refractivity contribution >= 4 is 27.7 Å². The van der Waals surface area contributed by atoms with Crippen LogP contribution in [0.5, 0.6) is 0 Å². The predicted molar refractivity (Wildman–Crippen MR) is 73.7 cm³/mol. The van der Waals surface area contributed by atoms with Crippen LogP contribution in [0.1, 0.15) is 30.3 Å². The molecule has 2 rings (SSSR count). The van der Waals surface area contributed by atoms with Crippen molar-refractivity contribution in [2.75, 3.05) is 13.6 Å². The van der Waals surface area contributed by atoms with E-state index in [-0.39, 0.29) is 17.9 Å². The number of hydrogen-bond acceptors (Lipinski definition) is 3. The molecule has 0 saturated carbocycles. The lowest BCUT2D eigenvalue weighted by Gasteiger charge is -2.30. The molecule has 1 N–H and O–H groups in total. The van der Waals surface area contributed by atoms with Crippen molar-refractivity contribution in [3.63, 3.8) is 0 Å². The van der Waals surface area contributed by atoms with Crippen LogP contribution in [0.25, 0.3) is 0 Å². The zero-order chi connectivity index (χ0) is 14.0. The molecule has 19 heavy (non-hydrogen) atoms. The van der Waals surface area contributed by atoms with Crippen LogP contribution in [0.4, 0.5) is 0 Å². The smallest absolute Gasteiger partial charge is 0.271 e. The van der Waals surface area contributed by atoms with E-state index in [0.717, 1.165) is 0 Å². The number of amides is 2. The molecule has 104 valence electrons. The Kier molecular flexibility index (Phi) is 4.24. The van der Waals surface area contributed by atoms with Gasteiger partial charge in [0, 0.05) is 32.6 Å². The summed E-state index contributed by atoms with van der Waals surface area (Å²) in [4.78, 5) is 25.3. The van der Waals surface area contributed by atoms with Gasteiger partial charge in [-0.15, -0.1) is 0 Å². The Bertz CT molecular complexity index is 500. The highest BCUT2D eigenvalue weighted by molar-refractivity contribution is 9.10. The summed E-state index contributed by atoms with van der Waals surface area (Å²) >= 11 is 3.34. The first-order chi connectivity index (χ1) is 9.02. The van der Waals surface area contributed by atoms with Gasteiger partial charge >= 0.3 is 0 Å². The van der Waals surface area contributed by atoms with Gasteiger partial charge in [-0.2, -0.15) is 5.10 Å². The highest BCUT2D eigenvalue weighted by Crippen LogP contribution is 2.17. The average Bonchev–Trinajstić information content (AvgIpc) is 2.75. The van der Waals surface area contributed by atoms with Crippen molar-refractivity contribution in [1.29, 1.82) is 0 Å². The van der Waals surface area contributed by atoms with Gasteiger partial charge in [0.15, 0.2) is 0 Å². The maximum Gasteiger partial charge on any atom is 0.271 e. The van der Waals surface area contributed by atoms with Crippen molar-refractivity contribution in [2.45, 2.75) is 32.4 Å². The first-order valence-electron chi connectivity index (χ1n) is 6.29. The van der Waals surface area contributed by atoms with E-state index in [1.54, 1.807) is 22.8 Å². The number of carbonyl (C=O) groups excluding carboxylic acids is 2. The summed E-state index contributed by atoms with van der Waals surface area (Å²) in [6.45, 7) is 3.13. The Balaban J connectivity index is 2.05. The fourth-order valence-electron chi connectivity index (χ4n) is 2.21. The second kappa shape index (κ2) is 5.73. The van der Waals surface area contributed by atoms with Gasteiger partial charge in [-0.25, -0.2) is 0 Å². The van der Waals surface area contributed by atoms with Crippen molar-refractivity contribution in [3.05, 3.63) is 16.4 Å². The fourth-order valence-corrected chi connectivity index (χ4v) is 2.69. The third-order valence-corrected chi connectivity index (χ3v) is 3.85. The molecule has 1 aliphatic rings. The van der Waals surface area contributed by atoms with Gasteiger partial charge in [0.2, 0.25) is 5.91 Å². The number of aromatic nitrogens is 2. The van der Waals surface area contributed by atoms with Gasteiger partial charge in [-0.1, -0.05) is 0 Å². The van der Waals surface area contributed by atoms with E-state index >= 15 is 0 Å². The van der Waals surface area contributed by atoms with E-state index in [2.05, 4.69) is 26.3 Å². The van der Waals surface area contributed by atoms with Gasteiger partial charge < -0.3 is 10.2 Å². The van der Waals surface area contributed by atoms with E-state index in [4.69, 9.17) is 0 Å². The van der Waals surface area contributed by atoms with Gasteiger partial charge in [0.25, 0.3) is 5.91 Å². The first-order valence-corrected chi connectivity index (χ1v) is 7.08. The molecular formula is C12H17BrN4O2. The summed E-state index contributed by atoms with van der Waals surface area (Å²) in [5, 5.41) is 7.08. The molecule has 1 atom stereocenters. The van der Waals surface area contributed by atoms with Crippen LogP contribution in [0.2, 0.25) is 0 Å².